The first-order valence-electron chi connectivity index (χ1n) is 4.84. The van der Waals surface area contributed by atoms with Crippen LogP contribution in [0.1, 0.15) is 24.8 Å². The number of hydrogen-bond acceptors (Lipinski definition) is 1. The average Bonchev–Trinajstić information content (AvgIpc) is 2.00. The first-order valence-corrected chi connectivity index (χ1v) is 4.84. The largest absolute Gasteiger partial charge is 0.399 e. The molecule has 0 spiro atoms. The van der Waals surface area contributed by atoms with E-state index in [4.69, 9.17) is 5.73 Å². The van der Waals surface area contributed by atoms with Gasteiger partial charge < -0.3 is 5.73 Å². The summed E-state index contributed by atoms with van der Waals surface area (Å²) in [6.45, 7) is 0. The molecule has 76 valence electrons. The third kappa shape index (κ3) is 1.47. The fraction of sp³-hybridized carbons (Fsp3) is 0.455. The fourth-order valence-corrected chi connectivity index (χ4v) is 1.71. The standard InChI is InChI=1S/C11H13F2N/c12-11(13,8-2-1-3-8)9-4-6-10(14)7-5-9/h4-8H,1-3,14H2. The van der Waals surface area contributed by atoms with E-state index in [1.165, 1.54) is 24.3 Å². The van der Waals surface area contributed by atoms with Crippen LogP contribution in [0.2, 0.25) is 0 Å². The number of nitrogens with two attached hydrogens (primary N) is 1. The van der Waals surface area contributed by atoms with Gasteiger partial charge in [-0.05, 0) is 25.0 Å². The highest BCUT2D eigenvalue weighted by molar-refractivity contribution is 5.40. The number of benzene rings is 1. The zero-order chi connectivity index (χ0) is 10.2. The van der Waals surface area contributed by atoms with Crippen molar-refractivity contribution in [3.8, 4) is 0 Å². The van der Waals surface area contributed by atoms with E-state index in [1.54, 1.807) is 0 Å². The van der Waals surface area contributed by atoms with Crippen LogP contribution in [0.5, 0.6) is 0 Å². The van der Waals surface area contributed by atoms with E-state index in [9.17, 15) is 8.78 Å². The van der Waals surface area contributed by atoms with Crippen LogP contribution in [0.3, 0.4) is 0 Å². The number of hydrogen-bond donors (Lipinski definition) is 1. The molecule has 1 aromatic carbocycles. The van der Waals surface area contributed by atoms with Gasteiger partial charge in [-0.15, -0.1) is 0 Å². The van der Waals surface area contributed by atoms with Gasteiger partial charge in [-0.1, -0.05) is 18.6 Å². The van der Waals surface area contributed by atoms with Gasteiger partial charge in [-0.25, -0.2) is 8.78 Å². The Labute approximate surface area is 81.9 Å². The van der Waals surface area contributed by atoms with E-state index in [-0.39, 0.29) is 5.56 Å². The van der Waals surface area contributed by atoms with Crippen molar-refractivity contribution >= 4 is 5.69 Å². The Bertz CT molecular complexity index is 315. The van der Waals surface area contributed by atoms with Crippen LogP contribution in [-0.4, -0.2) is 0 Å². The topological polar surface area (TPSA) is 26.0 Å². The van der Waals surface area contributed by atoms with Crippen molar-refractivity contribution in [3.05, 3.63) is 29.8 Å². The molecule has 0 heterocycles. The summed E-state index contributed by atoms with van der Waals surface area (Å²) in [4.78, 5) is 0. The van der Waals surface area contributed by atoms with E-state index < -0.39 is 11.8 Å². The minimum absolute atomic E-state index is 0.0939. The van der Waals surface area contributed by atoms with Gasteiger partial charge in [0.15, 0.2) is 0 Å². The molecule has 3 heteroatoms. The Morgan fingerprint density at radius 1 is 1.14 bits per heavy atom. The summed E-state index contributed by atoms with van der Waals surface area (Å²) in [6, 6.07) is 5.91. The molecule has 0 saturated heterocycles. The minimum atomic E-state index is -2.67. The second-order valence-electron chi connectivity index (χ2n) is 3.87. The highest BCUT2D eigenvalue weighted by Crippen LogP contribution is 2.46. The fourth-order valence-electron chi connectivity index (χ4n) is 1.71. The second-order valence-corrected chi connectivity index (χ2v) is 3.87. The van der Waals surface area contributed by atoms with Crippen LogP contribution in [0.25, 0.3) is 0 Å². The van der Waals surface area contributed by atoms with Crippen LogP contribution in [-0.2, 0) is 5.92 Å². The molecule has 0 radical (unpaired) electrons. The minimum Gasteiger partial charge on any atom is -0.399 e. The van der Waals surface area contributed by atoms with Gasteiger partial charge in [0, 0.05) is 17.2 Å². The quantitative estimate of drug-likeness (QED) is 0.724. The maximum atomic E-state index is 13.7. The lowest BCUT2D eigenvalue weighted by molar-refractivity contribution is -0.0942. The van der Waals surface area contributed by atoms with Crippen molar-refractivity contribution in [1.82, 2.24) is 0 Å². The summed E-state index contributed by atoms with van der Waals surface area (Å²) >= 11 is 0. The van der Waals surface area contributed by atoms with Gasteiger partial charge in [0.1, 0.15) is 0 Å². The maximum Gasteiger partial charge on any atom is 0.276 e. The molecule has 1 nitrogen and oxygen atoms in total. The first-order chi connectivity index (χ1) is 6.60. The molecular formula is C11H13F2N. The van der Waals surface area contributed by atoms with Crippen LogP contribution in [0.4, 0.5) is 14.5 Å². The summed E-state index contributed by atoms with van der Waals surface area (Å²) < 4.78 is 27.4. The number of alkyl halides is 2. The lowest BCUT2D eigenvalue weighted by atomic mass is 9.78. The molecule has 1 aromatic rings. The maximum absolute atomic E-state index is 13.7. The first kappa shape index (κ1) is 9.44. The van der Waals surface area contributed by atoms with Crippen LogP contribution in [0, 0.1) is 5.92 Å². The molecule has 0 unspecified atom stereocenters. The van der Waals surface area contributed by atoms with Crippen molar-refractivity contribution in [2.24, 2.45) is 5.92 Å². The summed E-state index contributed by atoms with van der Waals surface area (Å²) in [6.07, 6.45) is 2.20. The predicted octanol–water partition coefficient (Wildman–Crippen LogP) is 3.16. The third-order valence-corrected chi connectivity index (χ3v) is 2.91. The molecule has 14 heavy (non-hydrogen) atoms. The molecule has 1 aliphatic carbocycles. The average molecular weight is 197 g/mol. The Balaban J connectivity index is 2.23. The van der Waals surface area contributed by atoms with Gasteiger partial charge in [-0.3, -0.25) is 0 Å². The molecule has 0 aliphatic heterocycles. The highest BCUT2D eigenvalue weighted by Gasteiger charge is 2.44. The third-order valence-electron chi connectivity index (χ3n) is 2.91. The van der Waals surface area contributed by atoms with Gasteiger partial charge in [0.05, 0.1) is 0 Å². The zero-order valence-electron chi connectivity index (χ0n) is 7.84. The monoisotopic (exact) mass is 197 g/mol. The predicted molar refractivity (Wildman–Crippen MR) is 52.1 cm³/mol. The van der Waals surface area contributed by atoms with Crippen LogP contribution < -0.4 is 5.73 Å². The van der Waals surface area contributed by atoms with Crippen molar-refractivity contribution in [1.29, 1.82) is 0 Å². The molecule has 0 amide bonds. The van der Waals surface area contributed by atoms with E-state index in [1.807, 2.05) is 0 Å². The number of halogens is 2. The van der Waals surface area contributed by atoms with E-state index in [0.717, 1.165) is 6.42 Å². The SMILES string of the molecule is Nc1ccc(C(F)(F)C2CCC2)cc1. The Morgan fingerprint density at radius 3 is 2.14 bits per heavy atom. The lowest BCUT2D eigenvalue weighted by Crippen LogP contribution is -2.31. The summed E-state index contributed by atoms with van der Waals surface area (Å²) in [5.41, 5.74) is 6.07. The smallest absolute Gasteiger partial charge is 0.276 e. The summed E-state index contributed by atoms with van der Waals surface area (Å²) in [5, 5.41) is 0. The van der Waals surface area contributed by atoms with Crippen molar-refractivity contribution in [2.45, 2.75) is 25.2 Å². The molecule has 0 atom stereocenters. The Kier molecular flexibility index (Phi) is 2.17. The molecule has 2 rings (SSSR count). The molecule has 2 N–H and O–H groups in total. The van der Waals surface area contributed by atoms with Gasteiger partial charge in [0.25, 0.3) is 5.92 Å². The lowest BCUT2D eigenvalue weighted by Gasteiger charge is -2.33. The zero-order valence-corrected chi connectivity index (χ0v) is 7.84. The number of rotatable bonds is 2. The van der Waals surface area contributed by atoms with Crippen LogP contribution >= 0.6 is 0 Å². The molecule has 0 bridgehead atoms. The van der Waals surface area contributed by atoms with Crippen molar-refractivity contribution < 1.29 is 8.78 Å². The highest BCUT2D eigenvalue weighted by atomic mass is 19.3. The van der Waals surface area contributed by atoms with E-state index in [0.29, 0.717) is 18.5 Å². The van der Waals surface area contributed by atoms with Crippen LogP contribution in [0.15, 0.2) is 24.3 Å². The normalized spacial score (nSPS) is 17.9. The van der Waals surface area contributed by atoms with E-state index in [2.05, 4.69) is 0 Å². The Hall–Kier alpha value is -1.12. The summed E-state index contributed by atoms with van der Waals surface area (Å²) in [7, 11) is 0. The number of anilines is 1. The molecule has 1 fully saturated rings. The van der Waals surface area contributed by atoms with Gasteiger partial charge in [0.2, 0.25) is 0 Å². The molecule has 1 saturated carbocycles. The Morgan fingerprint density at radius 2 is 1.71 bits per heavy atom. The molecule has 0 aromatic heterocycles. The molecule has 1 aliphatic rings. The summed E-state index contributed by atoms with van der Waals surface area (Å²) in [5.74, 6) is -3.14. The van der Waals surface area contributed by atoms with Gasteiger partial charge >= 0.3 is 0 Å². The second kappa shape index (κ2) is 3.23. The molecular weight excluding hydrogens is 184 g/mol. The van der Waals surface area contributed by atoms with E-state index >= 15 is 0 Å². The number of nitrogen functional groups attached to an aromatic ring is 1. The van der Waals surface area contributed by atoms with Crippen molar-refractivity contribution in [2.75, 3.05) is 5.73 Å². The van der Waals surface area contributed by atoms with Crippen molar-refractivity contribution in [3.63, 3.8) is 0 Å². The van der Waals surface area contributed by atoms with Gasteiger partial charge in [-0.2, -0.15) is 0 Å².